The summed E-state index contributed by atoms with van der Waals surface area (Å²) in [5, 5.41) is 3.21. The number of urea groups is 1. The number of fused-ring (bicyclic) bond motifs is 2. The fraction of sp³-hybridized carbons (Fsp3) is 0.261. The molecule has 0 aliphatic heterocycles. The van der Waals surface area contributed by atoms with Gasteiger partial charge in [0, 0.05) is 27.8 Å². The summed E-state index contributed by atoms with van der Waals surface area (Å²) >= 11 is 0. The molecule has 2 amide bonds. The monoisotopic (exact) mass is 392 g/mol. The van der Waals surface area contributed by atoms with Crippen molar-refractivity contribution >= 4 is 28.0 Å². The first-order valence-corrected chi connectivity index (χ1v) is 9.81. The third-order valence-corrected chi connectivity index (χ3v) is 5.11. The first-order valence-electron chi connectivity index (χ1n) is 9.81. The average molecular weight is 392 g/mol. The molecule has 0 bridgehead atoms. The van der Waals surface area contributed by atoms with E-state index in [0.29, 0.717) is 6.61 Å². The zero-order valence-corrected chi connectivity index (χ0v) is 16.3. The van der Waals surface area contributed by atoms with E-state index in [-0.39, 0.29) is 12.5 Å². The number of carbonyl (C=O) groups excluding carboxylic acids is 1. The van der Waals surface area contributed by atoms with Crippen LogP contribution in [-0.2, 0) is 4.84 Å². The van der Waals surface area contributed by atoms with Crippen LogP contribution in [0.15, 0.2) is 69.9 Å². The van der Waals surface area contributed by atoms with E-state index in [2.05, 4.69) is 6.92 Å². The highest BCUT2D eigenvalue weighted by atomic mass is 16.7. The van der Waals surface area contributed by atoms with Crippen molar-refractivity contribution < 1.29 is 18.5 Å². The lowest BCUT2D eigenvalue weighted by atomic mass is 9.90. The Morgan fingerprint density at radius 2 is 1.55 bits per heavy atom. The first-order chi connectivity index (χ1) is 14.2. The second-order valence-corrected chi connectivity index (χ2v) is 7.01. The molecule has 6 heteroatoms. The smallest absolute Gasteiger partial charge is 0.338 e. The van der Waals surface area contributed by atoms with Crippen molar-refractivity contribution in [2.75, 3.05) is 13.2 Å². The third-order valence-electron chi connectivity index (χ3n) is 5.11. The Morgan fingerprint density at radius 1 is 1.00 bits per heavy atom. The Balaban J connectivity index is 1.78. The lowest BCUT2D eigenvalue weighted by Gasteiger charge is -2.25. The molecule has 2 heterocycles. The zero-order valence-electron chi connectivity index (χ0n) is 16.3. The number of amides is 2. The number of carbonyl (C=O) groups is 1. The second-order valence-electron chi connectivity index (χ2n) is 7.01. The topological polar surface area (TPSA) is 81.8 Å². The molecule has 0 unspecified atom stereocenters. The molecule has 0 fully saturated rings. The molecule has 2 aromatic heterocycles. The summed E-state index contributed by atoms with van der Waals surface area (Å²) in [6.07, 6.45) is 5.29. The van der Waals surface area contributed by atoms with Crippen LogP contribution in [0.4, 0.5) is 4.79 Å². The van der Waals surface area contributed by atoms with Crippen LogP contribution in [0.2, 0.25) is 0 Å². The summed E-state index contributed by atoms with van der Waals surface area (Å²) in [5.74, 6) is -0.226. The lowest BCUT2D eigenvalue weighted by Crippen LogP contribution is -2.39. The maximum atomic E-state index is 12.1. The molecule has 0 spiro atoms. The number of nitrogens with zero attached hydrogens (tertiary/aromatic N) is 1. The number of nitrogens with two attached hydrogens (primary N) is 1. The third kappa shape index (κ3) is 3.84. The van der Waals surface area contributed by atoms with Gasteiger partial charge in [-0.2, -0.15) is 0 Å². The minimum Gasteiger partial charge on any atom is -0.464 e. The van der Waals surface area contributed by atoms with E-state index in [1.54, 1.807) is 12.5 Å². The number of unbranched alkanes of at least 4 members (excludes halogenated alkanes) is 1. The maximum Gasteiger partial charge on any atom is 0.338 e. The van der Waals surface area contributed by atoms with Gasteiger partial charge in [0.05, 0.1) is 25.7 Å². The molecule has 0 saturated carbocycles. The number of benzene rings is 2. The van der Waals surface area contributed by atoms with Crippen LogP contribution in [0.3, 0.4) is 0 Å². The number of hydrogen-bond donors (Lipinski definition) is 1. The minimum absolute atomic E-state index is 0.226. The summed E-state index contributed by atoms with van der Waals surface area (Å²) in [5.41, 5.74) is 9.11. The number of hydroxylamine groups is 2. The number of para-hydroxylation sites is 2. The van der Waals surface area contributed by atoms with E-state index in [4.69, 9.17) is 19.4 Å². The molecule has 6 nitrogen and oxygen atoms in total. The van der Waals surface area contributed by atoms with Crippen LogP contribution >= 0.6 is 0 Å². The van der Waals surface area contributed by atoms with Crippen LogP contribution in [0.25, 0.3) is 21.9 Å². The largest absolute Gasteiger partial charge is 0.464 e. The van der Waals surface area contributed by atoms with E-state index in [0.717, 1.165) is 45.9 Å². The van der Waals surface area contributed by atoms with Crippen LogP contribution in [0.1, 0.15) is 36.8 Å². The van der Waals surface area contributed by atoms with Gasteiger partial charge < -0.3 is 14.6 Å². The Bertz CT molecular complexity index is 1040. The highest BCUT2D eigenvalue weighted by Crippen LogP contribution is 2.37. The molecule has 0 atom stereocenters. The molecule has 0 aliphatic carbocycles. The molecule has 0 aliphatic rings. The molecule has 0 saturated heterocycles. The van der Waals surface area contributed by atoms with Gasteiger partial charge in [0.1, 0.15) is 11.2 Å². The molecule has 4 rings (SSSR count). The van der Waals surface area contributed by atoms with Crippen molar-refractivity contribution in [3.8, 4) is 0 Å². The predicted molar refractivity (Wildman–Crippen MR) is 111 cm³/mol. The Kier molecular flexibility index (Phi) is 5.53. The lowest BCUT2D eigenvalue weighted by molar-refractivity contribution is -0.117. The highest BCUT2D eigenvalue weighted by molar-refractivity contribution is 5.86. The van der Waals surface area contributed by atoms with Crippen molar-refractivity contribution in [2.24, 2.45) is 5.73 Å². The van der Waals surface area contributed by atoms with Gasteiger partial charge in [-0.15, -0.1) is 0 Å². The second kappa shape index (κ2) is 8.41. The molecular formula is C23H24N2O4. The van der Waals surface area contributed by atoms with Gasteiger partial charge in [-0.05, 0) is 18.6 Å². The fourth-order valence-electron chi connectivity index (χ4n) is 3.59. The van der Waals surface area contributed by atoms with Gasteiger partial charge in [0.2, 0.25) is 0 Å². The van der Waals surface area contributed by atoms with Crippen molar-refractivity contribution in [1.29, 1.82) is 0 Å². The summed E-state index contributed by atoms with van der Waals surface area (Å²) in [7, 11) is 0. The SMILES string of the molecule is CCCCON(CC(c1coc2ccccc12)c1coc2ccccc12)C(N)=O. The number of furan rings is 2. The fourth-order valence-corrected chi connectivity index (χ4v) is 3.59. The molecular weight excluding hydrogens is 368 g/mol. The van der Waals surface area contributed by atoms with Crippen molar-refractivity contribution in [3.63, 3.8) is 0 Å². The van der Waals surface area contributed by atoms with Crippen molar-refractivity contribution in [1.82, 2.24) is 5.06 Å². The average Bonchev–Trinajstić information content (AvgIpc) is 3.35. The standard InChI is InChI=1S/C23H24N2O4/c1-2-3-12-29-25(23(24)26)13-18(19-14-27-21-10-6-4-8-16(19)21)20-15-28-22-11-7-5-9-17(20)22/h4-11,14-15,18H,2-3,12-13H2,1H3,(H2,24,26). The molecule has 4 aromatic rings. The summed E-state index contributed by atoms with van der Waals surface area (Å²) in [4.78, 5) is 17.8. The van der Waals surface area contributed by atoms with E-state index >= 15 is 0 Å². The predicted octanol–water partition coefficient (Wildman–Crippen LogP) is 5.42. The van der Waals surface area contributed by atoms with Gasteiger partial charge in [-0.1, -0.05) is 49.7 Å². The highest BCUT2D eigenvalue weighted by Gasteiger charge is 2.27. The van der Waals surface area contributed by atoms with Crippen LogP contribution in [0, 0.1) is 0 Å². The molecule has 2 aromatic carbocycles. The molecule has 29 heavy (non-hydrogen) atoms. The summed E-state index contributed by atoms with van der Waals surface area (Å²) in [6.45, 7) is 2.76. The molecule has 150 valence electrons. The van der Waals surface area contributed by atoms with Gasteiger partial charge >= 0.3 is 6.03 Å². The van der Waals surface area contributed by atoms with E-state index in [1.807, 2.05) is 48.5 Å². The van der Waals surface area contributed by atoms with Gasteiger partial charge in [0.15, 0.2) is 0 Å². The van der Waals surface area contributed by atoms with Crippen molar-refractivity contribution in [3.05, 3.63) is 72.2 Å². The van der Waals surface area contributed by atoms with Crippen LogP contribution < -0.4 is 5.73 Å². The quantitative estimate of drug-likeness (QED) is 0.320. The van der Waals surface area contributed by atoms with Gasteiger partial charge in [-0.25, -0.2) is 9.86 Å². The normalized spacial score (nSPS) is 11.5. The first kappa shape index (κ1) is 19.1. The van der Waals surface area contributed by atoms with E-state index in [9.17, 15) is 4.79 Å². The maximum absolute atomic E-state index is 12.1. The van der Waals surface area contributed by atoms with Crippen LogP contribution in [-0.4, -0.2) is 24.2 Å². The van der Waals surface area contributed by atoms with Crippen molar-refractivity contribution in [2.45, 2.75) is 25.7 Å². The number of primary amides is 1. The number of rotatable bonds is 8. The van der Waals surface area contributed by atoms with Gasteiger partial charge in [0.25, 0.3) is 0 Å². The van der Waals surface area contributed by atoms with Gasteiger partial charge in [-0.3, -0.25) is 4.84 Å². The summed E-state index contributed by atoms with van der Waals surface area (Å²) in [6, 6.07) is 15.0. The van der Waals surface area contributed by atoms with Crippen LogP contribution in [0.5, 0.6) is 0 Å². The Hall–Kier alpha value is -3.25. The zero-order chi connectivity index (χ0) is 20.2. The Morgan fingerprint density at radius 3 is 2.07 bits per heavy atom. The molecule has 2 N–H and O–H groups in total. The molecule has 0 radical (unpaired) electrons. The van der Waals surface area contributed by atoms with E-state index < -0.39 is 6.03 Å². The summed E-state index contributed by atoms with van der Waals surface area (Å²) < 4.78 is 11.5. The Labute approximate surface area is 168 Å². The minimum atomic E-state index is -0.619. The number of hydrogen-bond acceptors (Lipinski definition) is 4. The van der Waals surface area contributed by atoms with E-state index in [1.165, 1.54) is 5.06 Å².